The van der Waals surface area contributed by atoms with Crippen molar-refractivity contribution < 1.29 is 9.53 Å². The number of nitrogens with zero attached hydrogens (tertiary/aromatic N) is 4. The monoisotopic (exact) mass is 235 g/mol. The molecule has 2 aromatic rings. The predicted octanol–water partition coefficient (Wildman–Crippen LogP) is 0.360. The third kappa shape index (κ3) is 2.32. The molecule has 0 bridgehead atoms. The summed E-state index contributed by atoms with van der Waals surface area (Å²) in [6.45, 7) is 3.66. The number of hydrogen-bond acceptors (Lipinski definition) is 6. The van der Waals surface area contributed by atoms with Crippen molar-refractivity contribution in [3.05, 3.63) is 12.7 Å². The topological polar surface area (TPSA) is 95.9 Å². The van der Waals surface area contributed by atoms with Gasteiger partial charge in [-0.05, 0) is 6.92 Å². The van der Waals surface area contributed by atoms with Crippen molar-refractivity contribution in [3.63, 3.8) is 0 Å². The molecule has 0 aliphatic heterocycles. The Labute approximate surface area is 97.6 Å². The molecular formula is C10H13N5O2. The van der Waals surface area contributed by atoms with Crippen LogP contribution in [0.15, 0.2) is 12.7 Å². The first-order valence-corrected chi connectivity index (χ1v) is 5.16. The Kier molecular flexibility index (Phi) is 2.90. The second-order valence-corrected chi connectivity index (χ2v) is 3.75. The van der Waals surface area contributed by atoms with Gasteiger partial charge in [-0.15, -0.1) is 0 Å². The molecule has 0 radical (unpaired) electrons. The van der Waals surface area contributed by atoms with Crippen LogP contribution in [0, 0.1) is 0 Å². The van der Waals surface area contributed by atoms with Crippen LogP contribution in [0.3, 0.4) is 0 Å². The number of fused-ring (bicyclic) bond motifs is 1. The summed E-state index contributed by atoms with van der Waals surface area (Å²) < 4.78 is 6.82. The Hall–Kier alpha value is -2.18. The molecule has 0 fully saturated rings. The van der Waals surface area contributed by atoms with Gasteiger partial charge in [-0.25, -0.2) is 15.0 Å². The number of nitrogens with two attached hydrogens (primary N) is 1. The molecule has 0 aliphatic rings. The number of hydrogen-bond donors (Lipinski definition) is 1. The van der Waals surface area contributed by atoms with Crippen LogP contribution in [0.2, 0.25) is 0 Å². The van der Waals surface area contributed by atoms with Gasteiger partial charge in [0.15, 0.2) is 11.5 Å². The summed E-state index contributed by atoms with van der Waals surface area (Å²) in [4.78, 5) is 22.9. The van der Waals surface area contributed by atoms with Gasteiger partial charge in [0.1, 0.15) is 17.9 Å². The van der Waals surface area contributed by atoms with Crippen molar-refractivity contribution in [1.82, 2.24) is 19.5 Å². The highest BCUT2D eigenvalue weighted by Crippen LogP contribution is 2.14. The smallest absolute Gasteiger partial charge is 0.302 e. The van der Waals surface area contributed by atoms with E-state index in [0.29, 0.717) is 23.5 Å². The van der Waals surface area contributed by atoms with Crippen LogP contribution in [0.4, 0.5) is 5.82 Å². The fourth-order valence-electron chi connectivity index (χ4n) is 1.63. The molecule has 1 atom stereocenters. The standard InChI is InChI=1S/C10H13N5O2/c1-6(17-7(2)16)3-15-5-14-8-9(11)12-4-13-10(8)15/h4-6H,3H2,1-2H3,(H2,11,12,13)/t6-/m1/s1. The van der Waals surface area contributed by atoms with Gasteiger partial charge in [0, 0.05) is 6.92 Å². The Balaban J connectivity index is 2.25. The molecule has 0 unspecified atom stereocenters. The maximum absolute atomic E-state index is 10.8. The van der Waals surface area contributed by atoms with Gasteiger partial charge in [0.05, 0.1) is 12.9 Å². The molecule has 0 saturated carbocycles. The largest absolute Gasteiger partial charge is 0.461 e. The Morgan fingerprint density at radius 3 is 3.00 bits per heavy atom. The van der Waals surface area contributed by atoms with E-state index in [4.69, 9.17) is 10.5 Å². The Bertz CT molecular complexity index is 551. The van der Waals surface area contributed by atoms with Gasteiger partial charge in [0.2, 0.25) is 0 Å². The van der Waals surface area contributed by atoms with E-state index in [1.807, 2.05) is 0 Å². The van der Waals surface area contributed by atoms with E-state index in [1.165, 1.54) is 13.3 Å². The summed E-state index contributed by atoms with van der Waals surface area (Å²) in [6, 6.07) is 0. The summed E-state index contributed by atoms with van der Waals surface area (Å²) in [6.07, 6.45) is 2.74. The molecule has 0 saturated heterocycles. The minimum atomic E-state index is -0.309. The molecule has 7 nitrogen and oxygen atoms in total. The highest BCUT2D eigenvalue weighted by atomic mass is 16.5. The molecule has 0 aliphatic carbocycles. The van der Waals surface area contributed by atoms with Crippen LogP contribution in [0.25, 0.3) is 11.2 Å². The third-order valence-electron chi connectivity index (χ3n) is 2.25. The summed E-state index contributed by atoms with van der Waals surface area (Å²) in [5, 5.41) is 0. The van der Waals surface area contributed by atoms with Crippen LogP contribution in [-0.4, -0.2) is 31.6 Å². The number of nitrogen functional groups attached to an aromatic ring is 1. The van der Waals surface area contributed by atoms with Crippen LogP contribution < -0.4 is 5.73 Å². The summed E-state index contributed by atoms with van der Waals surface area (Å²) in [5.41, 5.74) is 6.86. The van der Waals surface area contributed by atoms with Crippen LogP contribution >= 0.6 is 0 Å². The molecule has 0 spiro atoms. The normalized spacial score (nSPS) is 12.6. The molecule has 2 rings (SSSR count). The van der Waals surface area contributed by atoms with Crippen LogP contribution in [0.1, 0.15) is 13.8 Å². The molecule has 2 N–H and O–H groups in total. The van der Waals surface area contributed by atoms with Crippen molar-refractivity contribution in [2.24, 2.45) is 0 Å². The zero-order valence-electron chi connectivity index (χ0n) is 9.62. The molecule has 0 aromatic carbocycles. The zero-order valence-corrected chi connectivity index (χ0v) is 9.62. The van der Waals surface area contributed by atoms with Crippen molar-refractivity contribution >= 4 is 23.0 Å². The lowest BCUT2D eigenvalue weighted by Gasteiger charge is -2.12. The van der Waals surface area contributed by atoms with E-state index in [2.05, 4.69) is 15.0 Å². The summed E-state index contributed by atoms with van der Waals surface area (Å²) in [7, 11) is 0. The molecule has 17 heavy (non-hydrogen) atoms. The minimum absolute atomic E-state index is 0.249. The second-order valence-electron chi connectivity index (χ2n) is 3.75. The lowest BCUT2D eigenvalue weighted by atomic mass is 10.4. The van der Waals surface area contributed by atoms with Gasteiger partial charge >= 0.3 is 5.97 Å². The fraction of sp³-hybridized carbons (Fsp3) is 0.400. The third-order valence-corrected chi connectivity index (χ3v) is 2.25. The molecule has 7 heteroatoms. The maximum atomic E-state index is 10.8. The summed E-state index contributed by atoms with van der Waals surface area (Å²) in [5.74, 6) is 0.0324. The second kappa shape index (κ2) is 4.36. The number of esters is 1. The lowest BCUT2D eigenvalue weighted by Crippen LogP contribution is -2.18. The highest BCUT2D eigenvalue weighted by Gasteiger charge is 2.11. The van der Waals surface area contributed by atoms with E-state index < -0.39 is 0 Å². The SMILES string of the molecule is CC(=O)O[C@H](C)Cn1cnc2c(N)ncnc21. The first-order valence-electron chi connectivity index (χ1n) is 5.16. The van der Waals surface area contributed by atoms with Crippen molar-refractivity contribution in [2.75, 3.05) is 5.73 Å². The number of carbonyl (C=O) groups excluding carboxylic acids is 1. The lowest BCUT2D eigenvalue weighted by molar-refractivity contribution is -0.145. The van der Waals surface area contributed by atoms with E-state index in [9.17, 15) is 4.79 Å². The number of anilines is 1. The zero-order chi connectivity index (χ0) is 12.4. The quantitative estimate of drug-likeness (QED) is 0.771. The van der Waals surface area contributed by atoms with Crippen LogP contribution in [0.5, 0.6) is 0 Å². The number of ether oxygens (including phenoxy) is 1. The van der Waals surface area contributed by atoms with E-state index >= 15 is 0 Å². The molecule has 90 valence electrons. The highest BCUT2D eigenvalue weighted by molar-refractivity contribution is 5.81. The van der Waals surface area contributed by atoms with E-state index in [0.717, 1.165) is 0 Å². The van der Waals surface area contributed by atoms with E-state index in [-0.39, 0.29) is 12.1 Å². The first kappa shape index (κ1) is 11.3. The Morgan fingerprint density at radius 2 is 2.29 bits per heavy atom. The van der Waals surface area contributed by atoms with Crippen LogP contribution in [-0.2, 0) is 16.1 Å². The van der Waals surface area contributed by atoms with Gasteiger partial charge in [0.25, 0.3) is 0 Å². The molecule has 2 aromatic heterocycles. The number of rotatable bonds is 3. The number of imidazole rings is 1. The number of carbonyl (C=O) groups is 1. The van der Waals surface area contributed by atoms with Gasteiger partial charge < -0.3 is 15.0 Å². The van der Waals surface area contributed by atoms with Crippen molar-refractivity contribution in [3.8, 4) is 0 Å². The maximum Gasteiger partial charge on any atom is 0.302 e. The van der Waals surface area contributed by atoms with Crippen molar-refractivity contribution in [1.29, 1.82) is 0 Å². The Morgan fingerprint density at radius 1 is 1.53 bits per heavy atom. The average molecular weight is 235 g/mol. The van der Waals surface area contributed by atoms with Gasteiger partial charge in [-0.1, -0.05) is 0 Å². The molecule has 0 amide bonds. The summed E-state index contributed by atoms with van der Waals surface area (Å²) >= 11 is 0. The molecular weight excluding hydrogens is 222 g/mol. The predicted molar refractivity (Wildman–Crippen MR) is 61.0 cm³/mol. The minimum Gasteiger partial charge on any atom is -0.461 e. The average Bonchev–Trinajstić information content (AvgIpc) is 2.62. The fourth-order valence-corrected chi connectivity index (χ4v) is 1.63. The molecule has 2 heterocycles. The number of aromatic nitrogens is 4. The first-order chi connectivity index (χ1) is 8.08. The van der Waals surface area contributed by atoms with Gasteiger partial charge in [-0.2, -0.15) is 0 Å². The van der Waals surface area contributed by atoms with Gasteiger partial charge in [-0.3, -0.25) is 4.79 Å². The van der Waals surface area contributed by atoms with Crippen molar-refractivity contribution in [2.45, 2.75) is 26.5 Å². The van der Waals surface area contributed by atoms with E-state index in [1.54, 1.807) is 17.8 Å².